The smallest absolute Gasteiger partial charge is 0.313 e. The van der Waals surface area contributed by atoms with Crippen molar-refractivity contribution in [3.63, 3.8) is 0 Å². The average molecular weight is 413 g/mol. The highest BCUT2D eigenvalue weighted by molar-refractivity contribution is 7.18. The van der Waals surface area contributed by atoms with E-state index >= 15 is 0 Å². The predicted octanol–water partition coefficient (Wildman–Crippen LogP) is 4.86. The van der Waals surface area contributed by atoms with Crippen LogP contribution in [0.3, 0.4) is 0 Å². The number of carbonyl (C=O) groups is 2. The molecule has 5 nitrogen and oxygen atoms in total. The molecule has 0 aliphatic heterocycles. The second kappa shape index (κ2) is 8.66. The zero-order valence-corrected chi connectivity index (χ0v) is 17.8. The van der Waals surface area contributed by atoms with E-state index < -0.39 is 5.41 Å². The van der Waals surface area contributed by atoms with Gasteiger partial charge in [0.2, 0.25) is 0 Å². The molecule has 1 aromatic heterocycles. The number of para-hydroxylation sites is 1. The first kappa shape index (κ1) is 20.1. The molecule has 1 fully saturated rings. The Morgan fingerprint density at radius 1 is 1.21 bits per heavy atom. The zero-order chi connectivity index (χ0) is 20.3. The van der Waals surface area contributed by atoms with Gasteiger partial charge in [0.1, 0.15) is 0 Å². The van der Waals surface area contributed by atoms with E-state index in [0.29, 0.717) is 13.0 Å². The van der Waals surface area contributed by atoms with Crippen molar-refractivity contribution in [2.45, 2.75) is 58.3 Å². The Bertz CT molecular complexity index is 894. The third kappa shape index (κ3) is 4.22. The summed E-state index contributed by atoms with van der Waals surface area (Å²) in [6.45, 7) is 2.40. The molecule has 29 heavy (non-hydrogen) atoms. The van der Waals surface area contributed by atoms with E-state index in [9.17, 15) is 9.59 Å². The zero-order valence-electron chi connectivity index (χ0n) is 17.0. The van der Waals surface area contributed by atoms with Crippen molar-refractivity contribution < 1.29 is 14.3 Å². The molecule has 154 valence electrons. The molecular weight excluding hydrogens is 384 g/mol. The summed E-state index contributed by atoms with van der Waals surface area (Å²) in [4.78, 5) is 32.2. The van der Waals surface area contributed by atoms with Crippen LogP contribution in [-0.2, 0) is 20.7 Å². The van der Waals surface area contributed by atoms with Gasteiger partial charge in [0.05, 0.1) is 20.6 Å². The molecule has 0 radical (unpaired) electrons. The Morgan fingerprint density at radius 3 is 2.69 bits per heavy atom. The maximum atomic E-state index is 13.1. The standard InChI is InChI=1S/C23H28N2O3S/c1-2-25(17-9-3-4-10-17)21(26)16-28-22(27)23(13-7-8-14-23)15-20-24-18-11-5-6-12-19(18)29-20/h5-6,9,11-12H,2-4,7-8,10,13-16H2,1H3. The minimum atomic E-state index is -0.544. The third-order valence-electron chi connectivity index (χ3n) is 6.13. The maximum Gasteiger partial charge on any atom is 0.313 e. The van der Waals surface area contributed by atoms with Crippen LogP contribution in [0.15, 0.2) is 36.0 Å². The molecule has 0 saturated heterocycles. The van der Waals surface area contributed by atoms with Crippen molar-refractivity contribution in [1.82, 2.24) is 9.88 Å². The van der Waals surface area contributed by atoms with Crippen LogP contribution < -0.4 is 0 Å². The Kier molecular flexibility index (Phi) is 5.99. The van der Waals surface area contributed by atoms with Crippen molar-refractivity contribution >= 4 is 33.4 Å². The average Bonchev–Trinajstić information content (AvgIpc) is 3.47. The number of carbonyl (C=O) groups excluding carboxylic acids is 2. The number of allylic oxidation sites excluding steroid dienone is 2. The summed E-state index contributed by atoms with van der Waals surface area (Å²) in [5, 5.41) is 0.975. The Balaban J connectivity index is 1.43. The van der Waals surface area contributed by atoms with E-state index in [0.717, 1.165) is 65.9 Å². The summed E-state index contributed by atoms with van der Waals surface area (Å²) in [5.74, 6) is -0.360. The number of ether oxygens (including phenoxy) is 1. The number of benzene rings is 1. The summed E-state index contributed by atoms with van der Waals surface area (Å²) < 4.78 is 6.74. The first-order valence-corrected chi connectivity index (χ1v) is 11.4. The summed E-state index contributed by atoms with van der Waals surface area (Å²) in [5.41, 5.74) is 1.50. The lowest BCUT2D eigenvalue weighted by molar-refractivity contribution is -0.160. The number of likely N-dealkylation sites (N-methyl/N-ethyl adjacent to an activating group) is 1. The summed E-state index contributed by atoms with van der Waals surface area (Å²) in [6.07, 6.45) is 9.39. The molecule has 2 aliphatic carbocycles. The van der Waals surface area contributed by atoms with E-state index in [4.69, 9.17) is 9.72 Å². The third-order valence-corrected chi connectivity index (χ3v) is 7.17. The number of rotatable bonds is 7. The minimum absolute atomic E-state index is 0.123. The SMILES string of the molecule is CCN(C(=O)COC(=O)C1(Cc2nc3ccccc3s2)CCCC1)C1=CCCC1. The van der Waals surface area contributed by atoms with Crippen LogP contribution in [0.25, 0.3) is 10.2 Å². The Labute approximate surface area is 175 Å². The van der Waals surface area contributed by atoms with E-state index in [-0.39, 0.29) is 18.5 Å². The molecule has 0 N–H and O–H groups in total. The second-order valence-electron chi connectivity index (χ2n) is 8.04. The van der Waals surface area contributed by atoms with Gasteiger partial charge in [-0.1, -0.05) is 31.1 Å². The minimum Gasteiger partial charge on any atom is -0.455 e. The van der Waals surface area contributed by atoms with Gasteiger partial charge in [0.15, 0.2) is 6.61 Å². The summed E-state index contributed by atoms with van der Waals surface area (Å²) in [6, 6.07) is 8.06. The predicted molar refractivity (Wildman–Crippen MR) is 115 cm³/mol. The normalized spacial score (nSPS) is 18.0. The van der Waals surface area contributed by atoms with Gasteiger partial charge < -0.3 is 9.64 Å². The molecule has 2 aliphatic rings. The lowest BCUT2D eigenvalue weighted by Crippen LogP contribution is -2.37. The van der Waals surface area contributed by atoms with E-state index in [2.05, 4.69) is 12.1 Å². The van der Waals surface area contributed by atoms with Gasteiger partial charge in [0, 0.05) is 18.7 Å². The highest BCUT2D eigenvalue weighted by atomic mass is 32.1. The van der Waals surface area contributed by atoms with Crippen molar-refractivity contribution in [2.24, 2.45) is 5.41 Å². The number of thiazole rings is 1. The molecule has 0 spiro atoms. The molecular formula is C23H28N2O3S. The van der Waals surface area contributed by atoms with Gasteiger partial charge >= 0.3 is 5.97 Å². The second-order valence-corrected chi connectivity index (χ2v) is 9.16. The number of amides is 1. The highest BCUT2D eigenvalue weighted by Gasteiger charge is 2.43. The van der Waals surface area contributed by atoms with Gasteiger partial charge in [-0.25, -0.2) is 4.98 Å². The maximum absolute atomic E-state index is 13.1. The Hall–Kier alpha value is -2.21. The first-order valence-electron chi connectivity index (χ1n) is 10.6. The molecule has 4 rings (SSSR count). The molecule has 1 saturated carbocycles. The van der Waals surface area contributed by atoms with Crippen LogP contribution in [0.2, 0.25) is 0 Å². The fourth-order valence-corrected chi connectivity index (χ4v) is 5.70. The molecule has 0 bridgehead atoms. The molecule has 2 aromatic rings. The van der Waals surface area contributed by atoms with Crippen molar-refractivity contribution in [1.29, 1.82) is 0 Å². The fourth-order valence-electron chi connectivity index (χ4n) is 4.59. The largest absolute Gasteiger partial charge is 0.455 e. The molecule has 1 amide bonds. The number of aromatic nitrogens is 1. The van der Waals surface area contributed by atoms with E-state index in [1.807, 2.05) is 25.1 Å². The fraction of sp³-hybridized carbons (Fsp3) is 0.522. The molecule has 0 unspecified atom stereocenters. The van der Waals surface area contributed by atoms with Crippen LogP contribution in [-0.4, -0.2) is 34.9 Å². The lowest BCUT2D eigenvalue weighted by Gasteiger charge is -2.27. The molecule has 1 heterocycles. The van der Waals surface area contributed by atoms with Crippen molar-refractivity contribution in [2.75, 3.05) is 13.2 Å². The van der Waals surface area contributed by atoms with Gasteiger partial charge in [-0.15, -0.1) is 11.3 Å². The number of hydrogen-bond acceptors (Lipinski definition) is 5. The van der Waals surface area contributed by atoms with Crippen LogP contribution in [0, 0.1) is 5.41 Å². The van der Waals surface area contributed by atoms with Gasteiger partial charge in [0.25, 0.3) is 5.91 Å². The highest BCUT2D eigenvalue weighted by Crippen LogP contribution is 2.43. The quantitative estimate of drug-likeness (QED) is 0.610. The Morgan fingerprint density at radius 2 is 2.00 bits per heavy atom. The van der Waals surface area contributed by atoms with Crippen LogP contribution in [0.5, 0.6) is 0 Å². The van der Waals surface area contributed by atoms with Crippen LogP contribution in [0.1, 0.15) is 56.9 Å². The van der Waals surface area contributed by atoms with E-state index in [1.165, 1.54) is 0 Å². The van der Waals surface area contributed by atoms with Gasteiger partial charge in [-0.05, 0) is 51.2 Å². The molecule has 0 atom stereocenters. The van der Waals surface area contributed by atoms with Crippen molar-refractivity contribution in [3.8, 4) is 0 Å². The topological polar surface area (TPSA) is 59.5 Å². The summed E-state index contributed by atoms with van der Waals surface area (Å²) in [7, 11) is 0. The lowest BCUT2D eigenvalue weighted by atomic mass is 9.83. The van der Waals surface area contributed by atoms with Crippen LogP contribution >= 0.6 is 11.3 Å². The summed E-state index contributed by atoms with van der Waals surface area (Å²) >= 11 is 1.65. The number of esters is 1. The number of nitrogens with zero attached hydrogens (tertiary/aromatic N) is 2. The monoisotopic (exact) mass is 412 g/mol. The number of hydrogen-bond donors (Lipinski definition) is 0. The number of fused-ring (bicyclic) bond motifs is 1. The van der Waals surface area contributed by atoms with Gasteiger partial charge in [-0.2, -0.15) is 0 Å². The molecule has 6 heteroatoms. The first-order chi connectivity index (χ1) is 14.1. The van der Waals surface area contributed by atoms with Crippen LogP contribution in [0.4, 0.5) is 0 Å². The van der Waals surface area contributed by atoms with Gasteiger partial charge in [-0.3, -0.25) is 9.59 Å². The van der Waals surface area contributed by atoms with E-state index in [1.54, 1.807) is 16.2 Å². The molecule has 1 aromatic carbocycles. The van der Waals surface area contributed by atoms with Crippen molar-refractivity contribution in [3.05, 3.63) is 41.0 Å².